The van der Waals surface area contributed by atoms with Crippen LogP contribution in [0.1, 0.15) is 10.4 Å². The molecular weight excluding hydrogens is 428 g/mol. The van der Waals surface area contributed by atoms with Gasteiger partial charge in [-0.05, 0) is 18.2 Å². The summed E-state index contributed by atoms with van der Waals surface area (Å²) < 4.78 is 49.1. The first kappa shape index (κ1) is 23.0. The van der Waals surface area contributed by atoms with Crippen LogP contribution < -0.4 is 24.3 Å². The largest absolute Gasteiger partial charge is 0.496 e. The van der Waals surface area contributed by atoms with Crippen LogP contribution in [0.2, 0.25) is 5.02 Å². The molecule has 0 aromatic heterocycles. The number of amides is 1. The van der Waals surface area contributed by atoms with E-state index in [0.717, 1.165) is 0 Å². The molecule has 0 saturated carbocycles. The Morgan fingerprint density at radius 1 is 0.967 bits per heavy atom. The summed E-state index contributed by atoms with van der Waals surface area (Å²) in [7, 11) is 4.18. The zero-order chi connectivity index (χ0) is 22.3. The number of nitrogens with one attached hydrogen (secondary N) is 1. The topological polar surface area (TPSA) is 92.3 Å². The third-order valence-corrected chi connectivity index (χ3v) is 3.99. The van der Waals surface area contributed by atoms with Crippen molar-refractivity contribution in [2.75, 3.05) is 33.3 Å². The molecule has 2 aromatic carbocycles. The van der Waals surface area contributed by atoms with Crippen molar-refractivity contribution in [2.45, 2.75) is 6.61 Å². The predicted octanol–water partition coefficient (Wildman–Crippen LogP) is 3.76. The number of benzene rings is 2. The number of carbonyl (C=O) groups excluding carboxylic acids is 2. The van der Waals surface area contributed by atoms with Gasteiger partial charge in [-0.15, -0.1) is 0 Å². The first-order valence-corrected chi connectivity index (χ1v) is 8.68. The van der Waals surface area contributed by atoms with Gasteiger partial charge >= 0.3 is 12.6 Å². The molecule has 162 valence electrons. The van der Waals surface area contributed by atoms with Gasteiger partial charge in [0.2, 0.25) is 0 Å². The molecule has 0 unspecified atom stereocenters. The van der Waals surface area contributed by atoms with Gasteiger partial charge < -0.3 is 29.0 Å². The number of hydrogen-bond acceptors (Lipinski definition) is 7. The smallest absolute Gasteiger partial charge is 0.387 e. The maximum atomic E-state index is 12.4. The summed E-state index contributed by atoms with van der Waals surface area (Å²) in [6, 6.07) is 6.50. The third-order valence-electron chi connectivity index (χ3n) is 3.69. The van der Waals surface area contributed by atoms with Crippen molar-refractivity contribution in [3.63, 3.8) is 0 Å². The minimum atomic E-state index is -3.03. The van der Waals surface area contributed by atoms with Crippen molar-refractivity contribution in [3.05, 3.63) is 40.9 Å². The van der Waals surface area contributed by atoms with Crippen molar-refractivity contribution < 1.29 is 42.1 Å². The van der Waals surface area contributed by atoms with Crippen LogP contribution in [-0.4, -0.2) is 46.4 Å². The molecular formula is C19H18ClF2NO7. The summed E-state index contributed by atoms with van der Waals surface area (Å²) in [5.41, 5.74) is 0.228. The van der Waals surface area contributed by atoms with Crippen LogP contribution in [0.3, 0.4) is 0 Å². The molecule has 0 radical (unpaired) electrons. The fraction of sp³-hybridized carbons (Fsp3) is 0.263. The summed E-state index contributed by atoms with van der Waals surface area (Å²) in [5, 5.41) is 2.30. The maximum Gasteiger partial charge on any atom is 0.387 e. The molecule has 11 heteroatoms. The molecule has 1 N–H and O–H groups in total. The van der Waals surface area contributed by atoms with Crippen LogP contribution in [0, 0.1) is 0 Å². The van der Waals surface area contributed by atoms with Crippen molar-refractivity contribution >= 4 is 29.2 Å². The predicted molar refractivity (Wildman–Crippen MR) is 103 cm³/mol. The number of esters is 1. The molecule has 2 rings (SSSR count). The van der Waals surface area contributed by atoms with Crippen molar-refractivity contribution in [1.29, 1.82) is 0 Å². The lowest BCUT2D eigenvalue weighted by Crippen LogP contribution is -2.21. The highest BCUT2D eigenvalue weighted by atomic mass is 35.5. The molecule has 0 aliphatic heterocycles. The highest BCUT2D eigenvalue weighted by molar-refractivity contribution is 6.32. The van der Waals surface area contributed by atoms with Gasteiger partial charge in [0.25, 0.3) is 5.91 Å². The first-order chi connectivity index (χ1) is 14.3. The highest BCUT2D eigenvalue weighted by Gasteiger charge is 2.20. The zero-order valence-electron chi connectivity index (χ0n) is 16.2. The second kappa shape index (κ2) is 10.5. The van der Waals surface area contributed by atoms with Gasteiger partial charge in [-0.25, -0.2) is 4.79 Å². The van der Waals surface area contributed by atoms with E-state index in [2.05, 4.69) is 10.1 Å². The standard InChI is InChI=1S/C19H18ClF2NO7/c1-26-14-8-16(28-3)15(27-2)7-11(14)18(25)29-9-17(24)23-10-4-5-13(12(20)6-10)30-19(21)22/h4-8,19H,9H2,1-3H3,(H,23,24). The Balaban J connectivity index is 2.03. The monoisotopic (exact) mass is 445 g/mol. The molecule has 8 nitrogen and oxygen atoms in total. The van der Waals surface area contributed by atoms with E-state index in [0.29, 0.717) is 5.75 Å². The van der Waals surface area contributed by atoms with E-state index in [4.69, 9.17) is 30.5 Å². The maximum absolute atomic E-state index is 12.4. The van der Waals surface area contributed by atoms with Gasteiger partial charge in [0.05, 0.1) is 26.4 Å². The second-order valence-electron chi connectivity index (χ2n) is 5.56. The number of alkyl halides is 2. The van der Waals surface area contributed by atoms with Gasteiger partial charge in [-0.1, -0.05) is 11.6 Å². The molecule has 0 saturated heterocycles. The number of carbonyl (C=O) groups is 2. The third kappa shape index (κ3) is 5.86. The normalized spacial score (nSPS) is 10.4. The van der Waals surface area contributed by atoms with Crippen LogP contribution in [-0.2, 0) is 9.53 Å². The number of ether oxygens (including phenoxy) is 5. The van der Waals surface area contributed by atoms with Gasteiger partial charge in [0.1, 0.15) is 17.1 Å². The lowest BCUT2D eigenvalue weighted by atomic mass is 10.1. The molecule has 0 aliphatic rings. The van der Waals surface area contributed by atoms with Gasteiger partial charge in [-0.3, -0.25) is 4.79 Å². The van der Waals surface area contributed by atoms with E-state index < -0.39 is 25.1 Å². The number of rotatable bonds is 9. The molecule has 0 spiro atoms. The summed E-state index contributed by atoms with van der Waals surface area (Å²) in [5.74, 6) is -0.964. The molecule has 0 heterocycles. The molecule has 0 bridgehead atoms. The second-order valence-corrected chi connectivity index (χ2v) is 5.96. The average molecular weight is 446 g/mol. The number of anilines is 1. The first-order valence-electron chi connectivity index (χ1n) is 8.30. The minimum absolute atomic E-state index is 0.0273. The lowest BCUT2D eigenvalue weighted by molar-refractivity contribution is -0.119. The van der Waals surface area contributed by atoms with Crippen LogP contribution >= 0.6 is 11.6 Å². The number of methoxy groups -OCH3 is 3. The van der Waals surface area contributed by atoms with Gasteiger partial charge in [0, 0.05) is 17.8 Å². The van der Waals surface area contributed by atoms with Crippen molar-refractivity contribution in [3.8, 4) is 23.0 Å². The average Bonchev–Trinajstić information content (AvgIpc) is 2.72. The van der Waals surface area contributed by atoms with E-state index in [1.54, 1.807) is 0 Å². The Hall–Kier alpha value is -3.27. The van der Waals surface area contributed by atoms with E-state index >= 15 is 0 Å². The SMILES string of the molecule is COc1cc(OC)c(C(=O)OCC(=O)Nc2ccc(OC(F)F)c(Cl)c2)cc1OC. The minimum Gasteiger partial charge on any atom is -0.496 e. The zero-order valence-corrected chi connectivity index (χ0v) is 16.9. The lowest BCUT2D eigenvalue weighted by Gasteiger charge is -2.13. The Morgan fingerprint density at radius 3 is 2.17 bits per heavy atom. The Labute approximate surface area is 175 Å². The summed E-state index contributed by atoms with van der Waals surface area (Å²) in [6.07, 6.45) is 0. The summed E-state index contributed by atoms with van der Waals surface area (Å²) >= 11 is 5.82. The number of hydrogen-bond donors (Lipinski definition) is 1. The number of halogens is 3. The molecule has 0 fully saturated rings. The fourth-order valence-corrected chi connectivity index (χ4v) is 2.59. The van der Waals surface area contributed by atoms with Crippen molar-refractivity contribution in [2.24, 2.45) is 0 Å². The van der Waals surface area contributed by atoms with E-state index in [9.17, 15) is 18.4 Å². The van der Waals surface area contributed by atoms with Crippen LogP contribution in [0.25, 0.3) is 0 Å². The Bertz CT molecular complexity index is 924. The summed E-state index contributed by atoms with van der Waals surface area (Å²) in [6.45, 7) is -3.65. The van der Waals surface area contributed by atoms with E-state index in [-0.39, 0.29) is 33.5 Å². The van der Waals surface area contributed by atoms with Crippen molar-refractivity contribution in [1.82, 2.24) is 0 Å². The Morgan fingerprint density at radius 2 is 1.60 bits per heavy atom. The molecule has 0 aliphatic carbocycles. The highest BCUT2D eigenvalue weighted by Crippen LogP contribution is 2.35. The van der Waals surface area contributed by atoms with Crippen LogP contribution in [0.5, 0.6) is 23.0 Å². The molecule has 30 heavy (non-hydrogen) atoms. The van der Waals surface area contributed by atoms with Gasteiger partial charge in [0.15, 0.2) is 18.1 Å². The Kier molecular flexibility index (Phi) is 8.05. The fourth-order valence-electron chi connectivity index (χ4n) is 2.36. The molecule has 2 aromatic rings. The van der Waals surface area contributed by atoms with Crippen LogP contribution in [0.4, 0.5) is 14.5 Å². The van der Waals surface area contributed by atoms with E-state index in [1.165, 1.54) is 51.7 Å². The quantitative estimate of drug-likeness (QED) is 0.587. The molecule has 0 atom stereocenters. The van der Waals surface area contributed by atoms with Crippen LogP contribution in [0.15, 0.2) is 30.3 Å². The summed E-state index contributed by atoms with van der Waals surface area (Å²) in [4.78, 5) is 24.4. The molecule has 1 amide bonds. The van der Waals surface area contributed by atoms with E-state index in [1.807, 2.05) is 0 Å². The van der Waals surface area contributed by atoms with Gasteiger partial charge in [-0.2, -0.15) is 8.78 Å².